The van der Waals surface area contributed by atoms with Gasteiger partial charge in [0.05, 0.1) is 11.1 Å². The zero-order valence-corrected chi connectivity index (χ0v) is 19.3. The van der Waals surface area contributed by atoms with E-state index in [0.29, 0.717) is 55.8 Å². The van der Waals surface area contributed by atoms with Gasteiger partial charge in [-0.05, 0) is 68.6 Å². The molecule has 4 N–H and O–H groups in total. The average molecular weight is 455 g/mol. The molecular formula is C25H31FN4O3. The number of nitrogens with one attached hydrogen (secondary N) is 4. The van der Waals surface area contributed by atoms with Crippen LogP contribution in [0.3, 0.4) is 0 Å². The van der Waals surface area contributed by atoms with Crippen molar-refractivity contribution >= 4 is 17.7 Å². The van der Waals surface area contributed by atoms with Gasteiger partial charge >= 0.3 is 0 Å². The van der Waals surface area contributed by atoms with Crippen molar-refractivity contribution in [1.29, 1.82) is 0 Å². The summed E-state index contributed by atoms with van der Waals surface area (Å²) >= 11 is 0. The number of hydrogen-bond acceptors (Lipinski definition) is 4. The van der Waals surface area contributed by atoms with Gasteiger partial charge in [-0.1, -0.05) is 12.1 Å². The molecule has 0 unspecified atom stereocenters. The summed E-state index contributed by atoms with van der Waals surface area (Å²) < 4.78 is 15.8. The van der Waals surface area contributed by atoms with E-state index in [0.717, 1.165) is 5.56 Å². The van der Waals surface area contributed by atoms with Crippen LogP contribution in [0.5, 0.6) is 0 Å². The lowest BCUT2D eigenvalue weighted by atomic mass is 9.84. The lowest BCUT2D eigenvalue weighted by Gasteiger charge is -2.22. The van der Waals surface area contributed by atoms with Crippen LogP contribution in [0.25, 0.3) is 0 Å². The Labute approximate surface area is 193 Å². The van der Waals surface area contributed by atoms with Gasteiger partial charge in [0, 0.05) is 37.7 Å². The molecule has 2 aromatic rings. The van der Waals surface area contributed by atoms with E-state index in [1.165, 1.54) is 0 Å². The maximum absolute atomic E-state index is 15.8. The van der Waals surface area contributed by atoms with Crippen molar-refractivity contribution in [3.63, 3.8) is 0 Å². The van der Waals surface area contributed by atoms with Crippen molar-refractivity contribution in [1.82, 2.24) is 21.3 Å². The minimum Gasteiger partial charge on any atom is -0.352 e. The Morgan fingerprint density at radius 3 is 2.18 bits per heavy atom. The molecule has 1 heterocycles. The molecule has 0 aliphatic carbocycles. The molecule has 1 aliphatic heterocycles. The third-order valence-corrected chi connectivity index (χ3v) is 5.74. The first kappa shape index (κ1) is 24.4. The second-order valence-electron chi connectivity index (χ2n) is 7.89. The number of amides is 3. The molecule has 33 heavy (non-hydrogen) atoms. The molecule has 8 heteroatoms. The van der Waals surface area contributed by atoms with Crippen molar-refractivity contribution in [2.75, 3.05) is 32.7 Å². The van der Waals surface area contributed by atoms with Crippen LogP contribution in [0.2, 0.25) is 0 Å². The highest BCUT2D eigenvalue weighted by Crippen LogP contribution is 2.34. The Morgan fingerprint density at radius 1 is 0.939 bits per heavy atom. The smallest absolute Gasteiger partial charge is 0.255 e. The molecule has 0 radical (unpaired) electrons. The van der Waals surface area contributed by atoms with E-state index < -0.39 is 17.6 Å². The highest BCUT2D eigenvalue weighted by Gasteiger charge is 2.30. The predicted octanol–water partition coefficient (Wildman–Crippen LogP) is 2.35. The molecule has 0 aromatic heterocycles. The van der Waals surface area contributed by atoms with Gasteiger partial charge in [-0.2, -0.15) is 0 Å². The standard InChI is InChI=1S/C25H31FN4O3/c1-4-28-23(31)16-9-7-15(8-10-16)20-14-27-12-11-17-18(20)13-19(24(32)29-5-2)21(22(17)26)25(33)30-6-3/h7-10,13,20,27H,4-6,11-12,14H2,1-3H3,(H,28,31)(H,29,32)(H,30,33)/t20-/m1/s1. The fourth-order valence-corrected chi connectivity index (χ4v) is 4.18. The van der Waals surface area contributed by atoms with Crippen LogP contribution in [0.15, 0.2) is 30.3 Å². The van der Waals surface area contributed by atoms with Crippen LogP contribution < -0.4 is 21.3 Å². The summed E-state index contributed by atoms with van der Waals surface area (Å²) in [4.78, 5) is 37.6. The fraction of sp³-hybridized carbons (Fsp3) is 0.400. The molecule has 0 fully saturated rings. The lowest BCUT2D eigenvalue weighted by molar-refractivity contribution is 0.0917. The average Bonchev–Trinajstić information content (AvgIpc) is 3.02. The SMILES string of the molecule is CCNC(=O)c1ccc([C@H]2CNCCc3c2cc(C(=O)NCC)c(C(=O)NCC)c3F)cc1. The Morgan fingerprint density at radius 2 is 1.55 bits per heavy atom. The summed E-state index contributed by atoms with van der Waals surface area (Å²) in [5.41, 5.74) is 2.37. The predicted molar refractivity (Wildman–Crippen MR) is 125 cm³/mol. The molecule has 2 aromatic carbocycles. The van der Waals surface area contributed by atoms with E-state index in [2.05, 4.69) is 21.3 Å². The minimum atomic E-state index is -0.646. The van der Waals surface area contributed by atoms with Crippen molar-refractivity contribution in [2.45, 2.75) is 33.1 Å². The summed E-state index contributed by atoms with van der Waals surface area (Å²) in [5.74, 6) is -2.12. The Kier molecular flexibility index (Phi) is 8.16. The molecule has 176 valence electrons. The molecule has 0 saturated heterocycles. The maximum atomic E-state index is 15.8. The van der Waals surface area contributed by atoms with E-state index >= 15 is 4.39 Å². The zero-order chi connectivity index (χ0) is 24.0. The minimum absolute atomic E-state index is 0.0323. The normalized spacial score (nSPS) is 15.2. The zero-order valence-electron chi connectivity index (χ0n) is 19.3. The Hall–Kier alpha value is -3.26. The number of rotatable bonds is 7. The highest BCUT2D eigenvalue weighted by atomic mass is 19.1. The Balaban J connectivity index is 2.12. The highest BCUT2D eigenvalue weighted by molar-refractivity contribution is 6.08. The molecule has 0 bridgehead atoms. The molecular weight excluding hydrogens is 423 g/mol. The number of carbonyl (C=O) groups excluding carboxylic acids is 3. The van der Waals surface area contributed by atoms with Gasteiger partial charge in [-0.3, -0.25) is 14.4 Å². The van der Waals surface area contributed by atoms with Crippen LogP contribution in [-0.4, -0.2) is 50.4 Å². The number of hydrogen-bond donors (Lipinski definition) is 4. The second-order valence-corrected chi connectivity index (χ2v) is 7.89. The van der Waals surface area contributed by atoms with Crippen LogP contribution in [0.1, 0.15) is 74.5 Å². The second kappa shape index (κ2) is 11.0. The van der Waals surface area contributed by atoms with E-state index in [1.54, 1.807) is 32.0 Å². The van der Waals surface area contributed by atoms with Gasteiger partial charge in [0.2, 0.25) is 0 Å². The Bertz CT molecular complexity index is 1040. The van der Waals surface area contributed by atoms with Crippen LogP contribution in [0.4, 0.5) is 4.39 Å². The van der Waals surface area contributed by atoms with E-state index in [-0.39, 0.29) is 23.0 Å². The molecule has 0 saturated carbocycles. The van der Waals surface area contributed by atoms with Crippen molar-refractivity contribution in [3.05, 3.63) is 69.5 Å². The molecule has 3 amide bonds. The monoisotopic (exact) mass is 454 g/mol. The maximum Gasteiger partial charge on any atom is 0.255 e. The van der Waals surface area contributed by atoms with Crippen molar-refractivity contribution in [3.8, 4) is 0 Å². The topological polar surface area (TPSA) is 99.3 Å². The van der Waals surface area contributed by atoms with Crippen molar-refractivity contribution in [2.24, 2.45) is 0 Å². The largest absolute Gasteiger partial charge is 0.352 e. The summed E-state index contributed by atoms with van der Waals surface area (Å²) in [6.45, 7) is 7.69. The van der Waals surface area contributed by atoms with Crippen LogP contribution in [0, 0.1) is 5.82 Å². The lowest BCUT2D eigenvalue weighted by Crippen LogP contribution is -2.31. The van der Waals surface area contributed by atoms with E-state index in [4.69, 9.17) is 0 Å². The van der Waals surface area contributed by atoms with Crippen LogP contribution >= 0.6 is 0 Å². The summed E-state index contributed by atoms with van der Waals surface area (Å²) in [7, 11) is 0. The third kappa shape index (κ3) is 5.22. The first-order valence-electron chi connectivity index (χ1n) is 11.4. The number of benzene rings is 2. The number of halogens is 1. The van der Waals surface area contributed by atoms with Gasteiger partial charge in [0.1, 0.15) is 5.82 Å². The first-order chi connectivity index (χ1) is 15.9. The van der Waals surface area contributed by atoms with Gasteiger partial charge < -0.3 is 21.3 Å². The quantitative estimate of drug-likeness (QED) is 0.516. The summed E-state index contributed by atoms with van der Waals surface area (Å²) in [6, 6.07) is 8.86. The molecule has 3 rings (SSSR count). The molecule has 0 spiro atoms. The number of fused-ring (bicyclic) bond motifs is 1. The van der Waals surface area contributed by atoms with E-state index in [9.17, 15) is 14.4 Å². The van der Waals surface area contributed by atoms with Gasteiger partial charge in [0.15, 0.2) is 0 Å². The van der Waals surface area contributed by atoms with Gasteiger partial charge in [-0.15, -0.1) is 0 Å². The number of carbonyl (C=O) groups is 3. The first-order valence-corrected chi connectivity index (χ1v) is 11.4. The van der Waals surface area contributed by atoms with Gasteiger partial charge in [0.25, 0.3) is 17.7 Å². The van der Waals surface area contributed by atoms with Crippen LogP contribution in [-0.2, 0) is 6.42 Å². The fourth-order valence-electron chi connectivity index (χ4n) is 4.18. The molecule has 1 atom stereocenters. The molecule has 1 aliphatic rings. The summed E-state index contributed by atoms with van der Waals surface area (Å²) in [6.07, 6.45) is 0.400. The van der Waals surface area contributed by atoms with Crippen molar-refractivity contribution < 1.29 is 18.8 Å². The third-order valence-electron chi connectivity index (χ3n) is 5.74. The molecule has 7 nitrogen and oxygen atoms in total. The summed E-state index contributed by atoms with van der Waals surface area (Å²) in [5, 5.41) is 11.4. The van der Waals surface area contributed by atoms with Gasteiger partial charge in [-0.25, -0.2) is 4.39 Å². The van der Waals surface area contributed by atoms with E-state index in [1.807, 2.05) is 19.1 Å².